The summed E-state index contributed by atoms with van der Waals surface area (Å²) >= 11 is 0. The van der Waals surface area contributed by atoms with Crippen LogP contribution in [0.4, 0.5) is 17.1 Å². The Labute approximate surface area is 177 Å². The number of methoxy groups -OCH3 is 1. The number of sulfonamides is 1. The maximum Gasteiger partial charge on any atom is 0.262 e. The maximum atomic E-state index is 13.1. The zero-order chi connectivity index (χ0) is 21.7. The van der Waals surface area contributed by atoms with Gasteiger partial charge in [-0.25, -0.2) is 8.42 Å². The number of ether oxygens (including phenoxy) is 1. The molecule has 1 saturated heterocycles. The van der Waals surface area contributed by atoms with Crippen molar-refractivity contribution in [1.29, 1.82) is 0 Å². The van der Waals surface area contributed by atoms with Gasteiger partial charge < -0.3 is 19.9 Å². The van der Waals surface area contributed by atoms with Gasteiger partial charge in [-0.1, -0.05) is 19.1 Å². The number of rotatable bonds is 7. The van der Waals surface area contributed by atoms with E-state index in [9.17, 15) is 13.2 Å². The van der Waals surface area contributed by atoms with Crippen molar-refractivity contribution in [3.63, 3.8) is 0 Å². The summed E-state index contributed by atoms with van der Waals surface area (Å²) in [7, 11) is -2.41. The molecule has 1 amide bonds. The number of para-hydroxylation sites is 2. The molecule has 2 aromatic carbocycles. The Morgan fingerprint density at radius 1 is 1.07 bits per heavy atom. The fourth-order valence-corrected chi connectivity index (χ4v) is 4.59. The maximum absolute atomic E-state index is 13.1. The Kier molecular flexibility index (Phi) is 6.84. The molecule has 3 rings (SSSR count). The number of piperazine rings is 1. The SMILES string of the molecule is CCN1CCN(c2ccccc2NS(=O)(=O)c2ccc(OC)c(NC(C)=O)c2)CC1. The molecular formula is C21H28N4O4S. The molecule has 0 aliphatic carbocycles. The van der Waals surface area contributed by atoms with E-state index in [4.69, 9.17) is 4.74 Å². The molecule has 1 aliphatic heterocycles. The lowest BCUT2D eigenvalue weighted by molar-refractivity contribution is -0.114. The molecule has 0 aromatic heterocycles. The molecule has 162 valence electrons. The molecule has 1 fully saturated rings. The summed E-state index contributed by atoms with van der Waals surface area (Å²) in [5.41, 5.74) is 1.68. The summed E-state index contributed by atoms with van der Waals surface area (Å²) in [6, 6.07) is 11.8. The summed E-state index contributed by atoms with van der Waals surface area (Å²) in [6.07, 6.45) is 0. The normalized spacial score (nSPS) is 15.0. The third-order valence-corrected chi connectivity index (χ3v) is 6.46. The van der Waals surface area contributed by atoms with E-state index in [0.717, 1.165) is 38.4 Å². The Morgan fingerprint density at radius 3 is 2.40 bits per heavy atom. The van der Waals surface area contributed by atoms with Gasteiger partial charge in [0.1, 0.15) is 5.75 Å². The van der Waals surface area contributed by atoms with Crippen molar-refractivity contribution in [2.45, 2.75) is 18.7 Å². The van der Waals surface area contributed by atoms with Crippen LogP contribution >= 0.6 is 0 Å². The lowest BCUT2D eigenvalue weighted by Crippen LogP contribution is -2.46. The Hall–Kier alpha value is -2.78. The third kappa shape index (κ3) is 5.03. The highest BCUT2D eigenvalue weighted by Crippen LogP contribution is 2.31. The number of benzene rings is 2. The molecule has 2 aromatic rings. The van der Waals surface area contributed by atoms with Gasteiger partial charge in [0, 0.05) is 33.1 Å². The molecule has 9 heteroatoms. The van der Waals surface area contributed by atoms with Crippen molar-refractivity contribution in [2.75, 3.05) is 54.8 Å². The summed E-state index contributed by atoms with van der Waals surface area (Å²) in [5, 5.41) is 2.60. The number of carbonyl (C=O) groups is 1. The molecule has 0 unspecified atom stereocenters. The Bertz CT molecular complexity index is 1000. The summed E-state index contributed by atoms with van der Waals surface area (Å²) < 4.78 is 34.1. The fourth-order valence-electron chi connectivity index (χ4n) is 3.49. The van der Waals surface area contributed by atoms with E-state index in [1.165, 1.54) is 32.2 Å². The molecule has 0 atom stereocenters. The number of hydrogen-bond donors (Lipinski definition) is 2. The first kappa shape index (κ1) is 21.9. The number of anilines is 3. The van der Waals surface area contributed by atoms with Gasteiger partial charge in [-0.3, -0.25) is 9.52 Å². The van der Waals surface area contributed by atoms with Gasteiger partial charge in [-0.2, -0.15) is 0 Å². The summed E-state index contributed by atoms with van der Waals surface area (Å²) in [4.78, 5) is 16.1. The van der Waals surface area contributed by atoms with Crippen molar-refractivity contribution < 1.29 is 17.9 Å². The van der Waals surface area contributed by atoms with E-state index in [0.29, 0.717) is 17.1 Å². The van der Waals surface area contributed by atoms with Crippen molar-refractivity contribution >= 4 is 33.0 Å². The molecule has 1 aliphatic rings. The van der Waals surface area contributed by atoms with Crippen LogP contribution in [0, 0.1) is 0 Å². The van der Waals surface area contributed by atoms with E-state index in [1.807, 2.05) is 12.1 Å². The average Bonchev–Trinajstić information content (AvgIpc) is 2.73. The smallest absolute Gasteiger partial charge is 0.262 e. The third-order valence-electron chi connectivity index (χ3n) is 5.10. The minimum Gasteiger partial charge on any atom is -0.495 e. The molecule has 8 nitrogen and oxygen atoms in total. The molecule has 0 saturated carbocycles. The Balaban J connectivity index is 1.87. The molecule has 2 N–H and O–H groups in total. The second-order valence-electron chi connectivity index (χ2n) is 7.09. The van der Waals surface area contributed by atoms with Crippen LogP contribution in [0.1, 0.15) is 13.8 Å². The van der Waals surface area contributed by atoms with Gasteiger partial charge in [0.05, 0.1) is 29.1 Å². The van der Waals surface area contributed by atoms with Gasteiger partial charge in [0.25, 0.3) is 10.0 Å². The van der Waals surface area contributed by atoms with E-state index in [1.54, 1.807) is 12.1 Å². The minimum atomic E-state index is -3.87. The molecule has 30 heavy (non-hydrogen) atoms. The van der Waals surface area contributed by atoms with E-state index < -0.39 is 10.0 Å². The highest BCUT2D eigenvalue weighted by molar-refractivity contribution is 7.92. The van der Waals surface area contributed by atoms with Crippen LogP contribution in [0.3, 0.4) is 0 Å². The van der Waals surface area contributed by atoms with Gasteiger partial charge in [0.2, 0.25) is 5.91 Å². The number of hydrogen-bond acceptors (Lipinski definition) is 6. The minimum absolute atomic E-state index is 0.0395. The molecular weight excluding hydrogens is 404 g/mol. The van der Waals surface area contributed by atoms with E-state index in [2.05, 4.69) is 26.8 Å². The summed E-state index contributed by atoms with van der Waals surface area (Å²) in [5.74, 6) is 0.0747. The second-order valence-corrected chi connectivity index (χ2v) is 8.77. The first-order chi connectivity index (χ1) is 14.3. The lowest BCUT2D eigenvalue weighted by atomic mass is 10.2. The largest absolute Gasteiger partial charge is 0.495 e. The van der Waals surface area contributed by atoms with Crippen molar-refractivity contribution in [3.8, 4) is 5.75 Å². The van der Waals surface area contributed by atoms with E-state index in [-0.39, 0.29) is 10.8 Å². The first-order valence-electron chi connectivity index (χ1n) is 9.89. The molecule has 0 radical (unpaired) electrons. The first-order valence-corrected chi connectivity index (χ1v) is 11.4. The van der Waals surface area contributed by atoms with Gasteiger partial charge in [0.15, 0.2) is 0 Å². The van der Waals surface area contributed by atoms with Crippen LogP contribution in [-0.4, -0.2) is 59.1 Å². The zero-order valence-electron chi connectivity index (χ0n) is 17.5. The predicted octanol–water partition coefficient (Wildman–Crippen LogP) is 2.60. The van der Waals surface area contributed by atoms with Gasteiger partial charge in [-0.15, -0.1) is 0 Å². The second kappa shape index (κ2) is 9.36. The van der Waals surface area contributed by atoms with Crippen molar-refractivity contribution in [3.05, 3.63) is 42.5 Å². The molecule has 1 heterocycles. The van der Waals surface area contributed by atoms with Crippen LogP contribution in [0.25, 0.3) is 0 Å². The van der Waals surface area contributed by atoms with Crippen LogP contribution in [0.2, 0.25) is 0 Å². The van der Waals surface area contributed by atoms with Gasteiger partial charge in [-0.05, 0) is 36.9 Å². The van der Waals surface area contributed by atoms with Gasteiger partial charge >= 0.3 is 0 Å². The number of carbonyl (C=O) groups excluding carboxylic acids is 1. The quantitative estimate of drug-likeness (QED) is 0.699. The highest BCUT2D eigenvalue weighted by Gasteiger charge is 2.22. The number of nitrogens with zero attached hydrogens (tertiary/aromatic N) is 2. The van der Waals surface area contributed by atoms with Crippen LogP contribution < -0.4 is 19.7 Å². The summed E-state index contributed by atoms with van der Waals surface area (Å²) in [6.45, 7) is 8.06. The fraction of sp³-hybridized carbons (Fsp3) is 0.381. The highest BCUT2D eigenvalue weighted by atomic mass is 32.2. The number of nitrogens with one attached hydrogen (secondary N) is 2. The van der Waals surface area contributed by atoms with Crippen LogP contribution in [-0.2, 0) is 14.8 Å². The monoisotopic (exact) mass is 432 g/mol. The molecule has 0 spiro atoms. The topological polar surface area (TPSA) is 91.0 Å². The number of amides is 1. The van der Waals surface area contributed by atoms with Crippen molar-refractivity contribution in [1.82, 2.24) is 4.90 Å². The van der Waals surface area contributed by atoms with Crippen LogP contribution in [0.15, 0.2) is 47.4 Å². The lowest BCUT2D eigenvalue weighted by Gasteiger charge is -2.36. The Morgan fingerprint density at radius 2 is 1.77 bits per heavy atom. The number of likely N-dealkylation sites (N-methyl/N-ethyl adjacent to an activating group) is 1. The zero-order valence-corrected chi connectivity index (χ0v) is 18.3. The average molecular weight is 433 g/mol. The molecule has 0 bridgehead atoms. The standard InChI is InChI=1S/C21H28N4O4S/c1-4-24-11-13-25(14-12-24)20-8-6-5-7-18(20)23-30(27,28)17-9-10-21(29-3)19(15-17)22-16(2)26/h5-10,15,23H,4,11-14H2,1-3H3,(H,22,26). The van der Waals surface area contributed by atoms with Crippen molar-refractivity contribution in [2.24, 2.45) is 0 Å². The predicted molar refractivity (Wildman–Crippen MR) is 119 cm³/mol. The van der Waals surface area contributed by atoms with E-state index >= 15 is 0 Å². The van der Waals surface area contributed by atoms with Crippen LogP contribution in [0.5, 0.6) is 5.75 Å².